The number of nitrogens with zero attached hydrogens (tertiary/aromatic N) is 1. The summed E-state index contributed by atoms with van der Waals surface area (Å²) >= 11 is 0. The van der Waals surface area contributed by atoms with E-state index in [1.165, 1.54) is 11.8 Å². The van der Waals surface area contributed by atoms with Gasteiger partial charge in [0.2, 0.25) is 0 Å². The summed E-state index contributed by atoms with van der Waals surface area (Å²) in [5, 5.41) is 0. The van der Waals surface area contributed by atoms with Gasteiger partial charge in [0.25, 0.3) is 0 Å². The number of nitrogens with two attached hydrogens (primary N) is 1. The molecule has 1 heterocycles. The normalized spacial score (nSPS) is 12.4. The maximum Gasteiger partial charge on any atom is 0.399 e. The summed E-state index contributed by atoms with van der Waals surface area (Å²) in [6, 6.07) is 7.98. The average Bonchev–Trinajstić information content (AvgIpc) is 2.86. The van der Waals surface area contributed by atoms with E-state index < -0.39 is 0 Å². The second-order valence-electron chi connectivity index (χ2n) is 4.29. The number of benzene rings is 1. The van der Waals surface area contributed by atoms with Crippen molar-refractivity contribution in [2.24, 2.45) is 5.73 Å². The van der Waals surface area contributed by atoms with Gasteiger partial charge in [0.1, 0.15) is 12.0 Å². The fourth-order valence-corrected chi connectivity index (χ4v) is 1.63. The molecule has 18 heavy (non-hydrogen) atoms. The lowest BCUT2D eigenvalue weighted by Gasteiger charge is -2.09. The Morgan fingerprint density at radius 3 is 2.61 bits per heavy atom. The van der Waals surface area contributed by atoms with Crippen LogP contribution in [0.1, 0.15) is 37.4 Å². The average molecular weight is 246 g/mol. The first-order chi connectivity index (χ1) is 8.72. The first kappa shape index (κ1) is 12.6. The lowest BCUT2D eigenvalue weighted by Crippen LogP contribution is -1.96. The van der Waals surface area contributed by atoms with Gasteiger partial charge in [-0.15, -0.1) is 0 Å². The fourth-order valence-electron chi connectivity index (χ4n) is 1.63. The monoisotopic (exact) mass is 246 g/mol. The van der Waals surface area contributed by atoms with E-state index >= 15 is 0 Å². The van der Waals surface area contributed by atoms with E-state index in [0.29, 0.717) is 23.9 Å². The highest BCUT2D eigenvalue weighted by molar-refractivity contribution is 5.30. The van der Waals surface area contributed by atoms with Crippen LogP contribution in [-0.4, -0.2) is 4.98 Å². The van der Waals surface area contributed by atoms with E-state index in [1.54, 1.807) is 0 Å². The van der Waals surface area contributed by atoms with Crippen LogP contribution < -0.4 is 10.5 Å². The number of rotatable bonds is 5. The topological polar surface area (TPSA) is 61.3 Å². The van der Waals surface area contributed by atoms with Gasteiger partial charge in [-0.25, -0.2) is 0 Å². The van der Waals surface area contributed by atoms with Crippen molar-refractivity contribution in [3.63, 3.8) is 0 Å². The quantitative estimate of drug-likeness (QED) is 0.877. The standard InChI is InChI=1S/C14H18N2O2/c1-3-10(2)11-4-6-13(7-5-11)18-14-16-12(8-15)9-17-14/h4-7,9-10H,3,8,15H2,1-2H3. The molecule has 0 aliphatic rings. The summed E-state index contributed by atoms with van der Waals surface area (Å²) < 4.78 is 10.6. The molecule has 2 rings (SSSR count). The molecule has 0 bridgehead atoms. The molecule has 0 amide bonds. The summed E-state index contributed by atoms with van der Waals surface area (Å²) in [5.41, 5.74) is 7.43. The Balaban J connectivity index is 2.06. The predicted octanol–water partition coefficient (Wildman–Crippen LogP) is 3.44. The zero-order valence-electron chi connectivity index (χ0n) is 10.7. The van der Waals surface area contributed by atoms with Gasteiger partial charge in [-0.3, -0.25) is 0 Å². The first-order valence-electron chi connectivity index (χ1n) is 6.15. The summed E-state index contributed by atoms with van der Waals surface area (Å²) in [5.74, 6) is 1.28. The number of ether oxygens (including phenoxy) is 1. The van der Waals surface area contributed by atoms with Crippen LogP contribution in [0.2, 0.25) is 0 Å². The molecule has 1 unspecified atom stereocenters. The van der Waals surface area contributed by atoms with Crippen molar-refractivity contribution in [2.45, 2.75) is 32.7 Å². The van der Waals surface area contributed by atoms with Gasteiger partial charge < -0.3 is 14.9 Å². The van der Waals surface area contributed by atoms with E-state index in [0.717, 1.165) is 6.42 Å². The van der Waals surface area contributed by atoms with Crippen molar-refractivity contribution in [3.05, 3.63) is 41.8 Å². The third-order valence-corrected chi connectivity index (χ3v) is 3.01. The molecule has 2 aromatic rings. The highest BCUT2D eigenvalue weighted by Crippen LogP contribution is 2.24. The number of hydrogen-bond donors (Lipinski definition) is 1. The van der Waals surface area contributed by atoms with Crippen LogP contribution in [0.3, 0.4) is 0 Å². The first-order valence-corrected chi connectivity index (χ1v) is 6.15. The lowest BCUT2D eigenvalue weighted by molar-refractivity contribution is 0.330. The Morgan fingerprint density at radius 1 is 1.33 bits per heavy atom. The van der Waals surface area contributed by atoms with Gasteiger partial charge in [0, 0.05) is 6.54 Å². The van der Waals surface area contributed by atoms with Gasteiger partial charge in [-0.1, -0.05) is 26.0 Å². The maximum absolute atomic E-state index is 5.50. The van der Waals surface area contributed by atoms with E-state index in [1.807, 2.05) is 12.1 Å². The molecule has 1 atom stereocenters. The van der Waals surface area contributed by atoms with Crippen molar-refractivity contribution in [1.29, 1.82) is 0 Å². The van der Waals surface area contributed by atoms with E-state index in [9.17, 15) is 0 Å². The smallest absolute Gasteiger partial charge is 0.399 e. The molecule has 0 spiro atoms. The zero-order chi connectivity index (χ0) is 13.0. The minimum atomic E-state index is 0.228. The molecule has 4 heteroatoms. The zero-order valence-corrected chi connectivity index (χ0v) is 10.7. The highest BCUT2D eigenvalue weighted by atomic mass is 16.6. The molecule has 2 N–H and O–H groups in total. The molecule has 0 radical (unpaired) electrons. The van der Waals surface area contributed by atoms with E-state index in [2.05, 4.69) is 31.0 Å². The van der Waals surface area contributed by atoms with Crippen LogP contribution in [0, 0.1) is 0 Å². The molecule has 0 saturated heterocycles. The molecule has 0 aliphatic carbocycles. The molecular weight excluding hydrogens is 228 g/mol. The van der Waals surface area contributed by atoms with Crippen LogP contribution in [0.5, 0.6) is 11.8 Å². The fraction of sp³-hybridized carbons (Fsp3) is 0.357. The minimum absolute atomic E-state index is 0.228. The Bertz CT molecular complexity index is 491. The summed E-state index contributed by atoms with van der Waals surface area (Å²) in [7, 11) is 0. The summed E-state index contributed by atoms with van der Waals surface area (Å²) in [6.45, 7) is 4.73. The lowest BCUT2D eigenvalue weighted by atomic mass is 9.99. The van der Waals surface area contributed by atoms with Crippen LogP contribution in [-0.2, 0) is 6.54 Å². The molecular formula is C14H18N2O2. The van der Waals surface area contributed by atoms with Gasteiger partial charge in [0.15, 0.2) is 0 Å². The van der Waals surface area contributed by atoms with Gasteiger partial charge in [-0.05, 0) is 30.0 Å². The molecule has 0 saturated carbocycles. The van der Waals surface area contributed by atoms with Crippen molar-refractivity contribution < 1.29 is 9.15 Å². The number of oxazole rings is 1. The van der Waals surface area contributed by atoms with Crippen molar-refractivity contribution in [1.82, 2.24) is 4.98 Å². The van der Waals surface area contributed by atoms with Crippen molar-refractivity contribution in [2.75, 3.05) is 0 Å². The highest BCUT2D eigenvalue weighted by Gasteiger charge is 2.06. The second kappa shape index (κ2) is 5.69. The van der Waals surface area contributed by atoms with Gasteiger partial charge in [0.05, 0.1) is 5.69 Å². The molecule has 1 aromatic carbocycles. The molecule has 0 aliphatic heterocycles. The number of aromatic nitrogens is 1. The summed E-state index contributed by atoms with van der Waals surface area (Å²) in [6.07, 6.45) is 2.86. The number of hydrogen-bond acceptors (Lipinski definition) is 4. The maximum atomic E-state index is 5.50. The molecule has 96 valence electrons. The van der Waals surface area contributed by atoms with E-state index in [-0.39, 0.29) is 6.08 Å². The SMILES string of the molecule is CCC(C)c1ccc(Oc2nc(CN)co2)cc1. The Labute approximate surface area is 107 Å². The second-order valence-corrected chi connectivity index (χ2v) is 4.29. The Hall–Kier alpha value is -1.81. The van der Waals surface area contributed by atoms with Gasteiger partial charge >= 0.3 is 6.08 Å². The Kier molecular flexibility index (Phi) is 3.99. The van der Waals surface area contributed by atoms with Crippen LogP contribution in [0.4, 0.5) is 0 Å². The van der Waals surface area contributed by atoms with Crippen LogP contribution in [0.25, 0.3) is 0 Å². The third-order valence-electron chi connectivity index (χ3n) is 3.01. The minimum Gasteiger partial charge on any atom is -0.417 e. The van der Waals surface area contributed by atoms with Crippen LogP contribution in [0.15, 0.2) is 34.9 Å². The molecule has 0 fully saturated rings. The Morgan fingerprint density at radius 2 is 2.06 bits per heavy atom. The van der Waals surface area contributed by atoms with Crippen LogP contribution >= 0.6 is 0 Å². The third kappa shape index (κ3) is 2.90. The molecule has 1 aromatic heterocycles. The molecule has 4 nitrogen and oxygen atoms in total. The van der Waals surface area contributed by atoms with E-state index in [4.69, 9.17) is 14.9 Å². The van der Waals surface area contributed by atoms with Gasteiger partial charge in [-0.2, -0.15) is 4.98 Å². The van der Waals surface area contributed by atoms with Crippen molar-refractivity contribution in [3.8, 4) is 11.8 Å². The van der Waals surface area contributed by atoms with Crippen molar-refractivity contribution >= 4 is 0 Å². The predicted molar refractivity (Wildman–Crippen MR) is 69.6 cm³/mol. The summed E-state index contributed by atoms with van der Waals surface area (Å²) in [4.78, 5) is 4.08. The largest absolute Gasteiger partial charge is 0.417 e.